The molecule has 0 bridgehead atoms. The summed E-state index contributed by atoms with van der Waals surface area (Å²) in [6.07, 6.45) is 1.53. The van der Waals surface area contributed by atoms with Gasteiger partial charge in [0.1, 0.15) is 12.1 Å². The molecule has 2 heterocycles. The zero-order valence-electron chi connectivity index (χ0n) is 14.7. The van der Waals surface area contributed by atoms with Gasteiger partial charge in [-0.25, -0.2) is 4.98 Å². The topological polar surface area (TPSA) is 52.3 Å². The van der Waals surface area contributed by atoms with Crippen molar-refractivity contribution in [2.75, 3.05) is 7.11 Å². The van der Waals surface area contributed by atoms with Crippen molar-refractivity contribution in [2.24, 2.45) is 0 Å². The van der Waals surface area contributed by atoms with E-state index in [0.717, 1.165) is 28.3 Å². The number of ether oxygens (including phenoxy) is 1. The number of nitrogens with zero attached hydrogens (tertiary/aromatic N) is 4. The minimum absolute atomic E-state index is 0.575. The van der Waals surface area contributed by atoms with Crippen LogP contribution in [0.4, 0.5) is 0 Å². The third kappa shape index (κ3) is 2.69. The molecule has 5 rings (SSSR count). The summed E-state index contributed by atoms with van der Waals surface area (Å²) in [5, 5.41) is 6.73. The first-order valence-corrected chi connectivity index (χ1v) is 8.66. The molecular weight excluding hydrogens is 336 g/mol. The number of hydrogen-bond acceptors (Lipinski definition) is 4. The number of hydrogen-bond donors (Lipinski definition) is 0. The maximum absolute atomic E-state index is 5.26. The third-order valence-corrected chi connectivity index (χ3v) is 4.68. The first kappa shape index (κ1) is 15.5. The number of fused-ring (bicyclic) bond motifs is 2. The summed E-state index contributed by atoms with van der Waals surface area (Å²) >= 11 is 0. The lowest BCUT2D eigenvalue weighted by atomic mass is 10.0. The molecule has 0 atom stereocenters. The number of rotatable bonds is 3. The SMILES string of the molecule is COc1ccc(-c2cc(-c3ccc4ccccc4c3)nc3ncnn23)cc1. The summed E-state index contributed by atoms with van der Waals surface area (Å²) < 4.78 is 7.02. The second-order valence-electron chi connectivity index (χ2n) is 6.29. The van der Waals surface area contributed by atoms with Gasteiger partial charge in [0.25, 0.3) is 5.78 Å². The lowest BCUT2D eigenvalue weighted by Gasteiger charge is -2.09. The Labute approximate surface area is 155 Å². The molecule has 0 saturated heterocycles. The van der Waals surface area contributed by atoms with Crippen LogP contribution in [0.3, 0.4) is 0 Å². The standard InChI is InChI=1S/C22H16N4O/c1-27-19-10-8-16(9-11-19)21-13-20(25-22-23-14-24-26(21)22)18-7-6-15-4-2-3-5-17(15)12-18/h2-14H,1H3. The lowest BCUT2D eigenvalue weighted by Crippen LogP contribution is -1.99. The van der Waals surface area contributed by atoms with Crippen LogP contribution in [0.1, 0.15) is 0 Å². The van der Waals surface area contributed by atoms with Crippen LogP contribution in [0.15, 0.2) is 79.1 Å². The molecule has 27 heavy (non-hydrogen) atoms. The van der Waals surface area contributed by atoms with E-state index in [1.54, 1.807) is 11.6 Å². The molecule has 0 saturated carbocycles. The summed E-state index contributed by atoms with van der Waals surface area (Å²) in [7, 11) is 1.66. The van der Waals surface area contributed by atoms with E-state index >= 15 is 0 Å². The fourth-order valence-corrected chi connectivity index (χ4v) is 3.28. The highest BCUT2D eigenvalue weighted by Gasteiger charge is 2.11. The highest BCUT2D eigenvalue weighted by Crippen LogP contribution is 2.28. The van der Waals surface area contributed by atoms with E-state index in [2.05, 4.69) is 40.4 Å². The van der Waals surface area contributed by atoms with Crippen LogP contribution in [0.5, 0.6) is 5.75 Å². The predicted octanol–water partition coefficient (Wildman–Crippen LogP) is 4.62. The molecule has 0 radical (unpaired) electrons. The van der Waals surface area contributed by atoms with Crippen molar-refractivity contribution in [1.29, 1.82) is 0 Å². The van der Waals surface area contributed by atoms with Gasteiger partial charge in [-0.1, -0.05) is 36.4 Å². The zero-order chi connectivity index (χ0) is 18.2. The van der Waals surface area contributed by atoms with Gasteiger partial charge in [-0.3, -0.25) is 0 Å². The maximum Gasteiger partial charge on any atom is 0.253 e. The number of aromatic nitrogens is 4. The molecule has 3 aromatic carbocycles. The Morgan fingerprint density at radius 2 is 1.59 bits per heavy atom. The van der Waals surface area contributed by atoms with Crippen LogP contribution in [0.25, 0.3) is 39.1 Å². The van der Waals surface area contributed by atoms with Crippen LogP contribution in [0.2, 0.25) is 0 Å². The van der Waals surface area contributed by atoms with Gasteiger partial charge >= 0.3 is 0 Å². The van der Waals surface area contributed by atoms with Crippen LogP contribution in [-0.4, -0.2) is 26.7 Å². The van der Waals surface area contributed by atoms with E-state index in [4.69, 9.17) is 9.72 Å². The van der Waals surface area contributed by atoms with E-state index in [9.17, 15) is 0 Å². The molecule has 0 amide bonds. The Hall–Kier alpha value is -3.73. The molecule has 5 heteroatoms. The van der Waals surface area contributed by atoms with Crippen molar-refractivity contribution < 1.29 is 4.74 Å². The summed E-state index contributed by atoms with van der Waals surface area (Å²) in [6.45, 7) is 0. The summed E-state index contributed by atoms with van der Waals surface area (Å²) in [4.78, 5) is 9.00. The van der Waals surface area contributed by atoms with Gasteiger partial charge in [-0.05, 0) is 47.2 Å². The van der Waals surface area contributed by atoms with Gasteiger partial charge in [-0.2, -0.15) is 14.6 Å². The summed E-state index contributed by atoms with van der Waals surface area (Å²) in [6, 6.07) is 24.6. The van der Waals surface area contributed by atoms with Gasteiger partial charge in [0.2, 0.25) is 0 Å². The molecular formula is C22H16N4O. The van der Waals surface area contributed by atoms with Gasteiger partial charge < -0.3 is 4.74 Å². The Balaban J connectivity index is 1.70. The molecule has 130 valence electrons. The van der Waals surface area contributed by atoms with Gasteiger partial charge in [-0.15, -0.1) is 0 Å². The summed E-state index contributed by atoms with van der Waals surface area (Å²) in [5.41, 5.74) is 3.88. The van der Waals surface area contributed by atoms with Crippen molar-refractivity contribution in [3.8, 4) is 28.3 Å². The van der Waals surface area contributed by atoms with Crippen molar-refractivity contribution in [3.63, 3.8) is 0 Å². The number of methoxy groups -OCH3 is 1. The molecule has 5 nitrogen and oxygen atoms in total. The molecule has 2 aromatic heterocycles. The Morgan fingerprint density at radius 3 is 2.41 bits per heavy atom. The van der Waals surface area contributed by atoms with Crippen LogP contribution < -0.4 is 4.74 Å². The maximum atomic E-state index is 5.26. The minimum atomic E-state index is 0.575. The fourth-order valence-electron chi connectivity index (χ4n) is 3.28. The molecule has 5 aromatic rings. The van der Waals surface area contributed by atoms with Crippen LogP contribution >= 0.6 is 0 Å². The average molecular weight is 352 g/mol. The Bertz CT molecular complexity index is 1260. The van der Waals surface area contributed by atoms with E-state index < -0.39 is 0 Å². The van der Waals surface area contributed by atoms with Gasteiger partial charge in [0, 0.05) is 11.1 Å². The largest absolute Gasteiger partial charge is 0.497 e. The van der Waals surface area contributed by atoms with Crippen molar-refractivity contribution >= 4 is 16.6 Å². The third-order valence-electron chi connectivity index (χ3n) is 4.68. The van der Waals surface area contributed by atoms with Crippen molar-refractivity contribution in [1.82, 2.24) is 19.6 Å². The first-order chi connectivity index (χ1) is 13.3. The Kier molecular flexibility index (Phi) is 3.57. The molecule has 0 unspecified atom stereocenters. The van der Waals surface area contributed by atoms with E-state index in [1.807, 2.05) is 42.5 Å². The van der Waals surface area contributed by atoms with E-state index in [1.165, 1.54) is 17.1 Å². The molecule has 0 aliphatic rings. The molecule has 0 fully saturated rings. The Morgan fingerprint density at radius 1 is 0.815 bits per heavy atom. The van der Waals surface area contributed by atoms with Gasteiger partial charge in [0.15, 0.2) is 0 Å². The lowest BCUT2D eigenvalue weighted by molar-refractivity contribution is 0.415. The second kappa shape index (κ2) is 6.21. The van der Waals surface area contributed by atoms with E-state index in [-0.39, 0.29) is 0 Å². The molecule has 0 aliphatic carbocycles. The van der Waals surface area contributed by atoms with Gasteiger partial charge in [0.05, 0.1) is 18.5 Å². The summed E-state index contributed by atoms with van der Waals surface area (Å²) in [5.74, 6) is 1.39. The molecule has 0 aliphatic heterocycles. The normalized spacial score (nSPS) is 11.1. The smallest absolute Gasteiger partial charge is 0.253 e. The highest BCUT2D eigenvalue weighted by molar-refractivity contribution is 5.87. The molecule has 0 N–H and O–H groups in total. The van der Waals surface area contributed by atoms with Crippen molar-refractivity contribution in [2.45, 2.75) is 0 Å². The van der Waals surface area contributed by atoms with Crippen LogP contribution in [0, 0.1) is 0 Å². The van der Waals surface area contributed by atoms with Crippen molar-refractivity contribution in [3.05, 3.63) is 79.1 Å². The monoisotopic (exact) mass is 352 g/mol. The highest BCUT2D eigenvalue weighted by atomic mass is 16.5. The first-order valence-electron chi connectivity index (χ1n) is 8.66. The van der Waals surface area contributed by atoms with Crippen LogP contribution in [-0.2, 0) is 0 Å². The zero-order valence-corrected chi connectivity index (χ0v) is 14.7. The predicted molar refractivity (Wildman–Crippen MR) is 106 cm³/mol. The molecule has 0 spiro atoms. The minimum Gasteiger partial charge on any atom is -0.497 e. The average Bonchev–Trinajstić information content (AvgIpc) is 3.21. The number of benzene rings is 3. The quantitative estimate of drug-likeness (QED) is 0.475. The fraction of sp³-hybridized carbons (Fsp3) is 0.0455. The second-order valence-corrected chi connectivity index (χ2v) is 6.29. The van der Waals surface area contributed by atoms with E-state index in [0.29, 0.717) is 5.78 Å².